The number of carboxylic acids is 1. The highest BCUT2D eigenvalue weighted by Crippen LogP contribution is 2.43. The number of fused-ring (bicyclic) bond motifs is 1. The number of anilines is 2. The van der Waals surface area contributed by atoms with Crippen molar-refractivity contribution in [3.63, 3.8) is 0 Å². The lowest BCUT2D eigenvalue weighted by Gasteiger charge is -2.29. The molecule has 130 valence electrons. The third-order valence-corrected chi connectivity index (χ3v) is 5.50. The highest BCUT2D eigenvalue weighted by molar-refractivity contribution is 5.78. The maximum absolute atomic E-state index is 11.9. The minimum Gasteiger partial charge on any atom is -0.481 e. The summed E-state index contributed by atoms with van der Waals surface area (Å²) in [6, 6.07) is 1.98. The van der Waals surface area contributed by atoms with E-state index in [1.54, 1.807) is 6.33 Å². The molecule has 8 heteroatoms. The molecule has 1 aromatic rings. The number of morpholine rings is 1. The van der Waals surface area contributed by atoms with E-state index in [-0.39, 0.29) is 5.92 Å². The molecule has 3 saturated heterocycles. The molecule has 0 saturated carbocycles. The summed E-state index contributed by atoms with van der Waals surface area (Å²) in [5.74, 6) is 1.16. The second-order valence-electron chi connectivity index (χ2n) is 7.07. The third kappa shape index (κ3) is 2.50. The van der Waals surface area contributed by atoms with Gasteiger partial charge in [0.1, 0.15) is 23.4 Å². The molecule has 2 unspecified atom stereocenters. The fourth-order valence-electron chi connectivity index (χ4n) is 4.27. The summed E-state index contributed by atoms with van der Waals surface area (Å²) in [5.41, 5.74) is -0.682. The number of hydrogen-bond acceptors (Lipinski definition) is 7. The molecule has 0 bridgehead atoms. The van der Waals surface area contributed by atoms with Crippen molar-refractivity contribution in [3.8, 4) is 0 Å². The van der Waals surface area contributed by atoms with Crippen molar-refractivity contribution in [3.05, 3.63) is 12.4 Å². The number of carboxylic acid groups (broad SMARTS) is 1. The lowest BCUT2D eigenvalue weighted by molar-refractivity contribution is -0.148. The van der Waals surface area contributed by atoms with Crippen molar-refractivity contribution < 1.29 is 14.6 Å². The lowest BCUT2D eigenvalue weighted by Crippen LogP contribution is -2.40. The summed E-state index contributed by atoms with van der Waals surface area (Å²) in [4.78, 5) is 27.1. The van der Waals surface area contributed by atoms with Gasteiger partial charge < -0.3 is 24.5 Å². The van der Waals surface area contributed by atoms with Crippen molar-refractivity contribution in [2.24, 2.45) is 11.3 Å². The summed E-state index contributed by atoms with van der Waals surface area (Å²) in [6.45, 7) is 5.73. The minimum absolute atomic E-state index is 0.141. The molecule has 1 aromatic heterocycles. The normalized spacial score (nSPS) is 30.6. The topological polar surface area (TPSA) is 82.0 Å². The molecule has 0 aliphatic carbocycles. The van der Waals surface area contributed by atoms with Gasteiger partial charge in [0.15, 0.2) is 0 Å². The average Bonchev–Trinajstić information content (AvgIpc) is 3.10. The van der Waals surface area contributed by atoms with E-state index in [2.05, 4.69) is 24.7 Å². The van der Waals surface area contributed by atoms with E-state index in [0.29, 0.717) is 26.3 Å². The van der Waals surface area contributed by atoms with Crippen molar-refractivity contribution in [2.75, 3.05) is 69.3 Å². The Morgan fingerprint density at radius 2 is 1.92 bits per heavy atom. The Hall–Kier alpha value is -1.93. The predicted molar refractivity (Wildman–Crippen MR) is 88.3 cm³/mol. The second-order valence-corrected chi connectivity index (χ2v) is 7.07. The van der Waals surface area contributed by atoms with Crippen LogP contribution in [0.25, 0.3) is 0 Å². The van der Waals surface area contributed by atoms with Gasteiger partial charge in [-0.2, -0.15) is 0 Å². The third-order valence-electron chi connectivity index (χ3n) is 5.50. The largest absolute Gasteiger partial charge is 0.481 e. The first-order valence-electron chi connectivity index (χ1n) is 8.40. The highest BCUT2D eigenvalue weighted by Gasteiger charge is 2.57. The van der Waals surface area contributed by atoms with Crippen molar-refractivity contribution in [1.82, 2.24) is 14.9 Å². The van der Waals surface area contributed by atoms with E-state index >= 15 is 0 Å². The number of aliphatic carboxylic acids is 1. The van der Waals surface area contributed by atoms with Crippen molar-refractivity contribution in [2.45, 2.75) is 0 Å². The summed E-state index contributed by atoms with van der Waals surface area (Å²) < 4.78 is 5.39. The van der Waals surface area contributed by atoms with Gasteiger partial charge in [-0.15, -0.1) is 0 Å². The highest BCUT2D eigenvalue weighted by atomic mass is 16.5. The van der Waals surface area contributed by atoms with Crippen LogP contribution in [0.1, 0.15) is 0 Å². The van der Waals surface area contributed by atoms with Gasteiger partial charge in [0.25, 0.3) is 0 Å². The van der Waals surface area contributed by atoms with Crippen LogP contribution >= 0.6 is 0 Å². The van der Waals surface area contributed by atoms with E-state index in [1.165, 1.54) is 0 Å². The summed E-state index contributed by atoms with van der Waals surface area (Å²) in [7, 11) is 1.99. The number of ether oxygens (including phenoxy) is 1. The first-order chi connectivity index (χ1) is 11.6. The van der Waals surface area contributed by atoms with E-state index in [0.717, 1.165) is 37.8 Å². The average molecular weight is 333 g/mol. The van der Waals surface area contributed by atoms with Crippen molar-refractivity contribution >= 4 is 17.6 Å². The van der Waals surface area contributed by atoms with Crippen LogP contribution in [-0.2, 0) is 9.53 Å². The molecular formula is C16H23N5O3. The van der Waals surface area contributed by atoms with Crippen LogP contribution in [0.4, 0.5) is 11.6 Å². The Morgan fingerprint density at radius 3 is 2.58 bits per heavy atom. The van der Waals surface area contributed by atoms with E-state index in [4.69, 9.17) is 4.74 Å². The second kappa shape index (κ2) is 5.86. The van der Waals surface area contributed by atoms with Gasteiger partial charge in [0.2, 0.25) is 0 Å². The number of nitrogens with zero attached hydrogens (tertiary/aromatic N) is 5. The zero-order valence-corrected chi connectivity index (χ0v) is 13.9. The number of aromatic nitrogens is 2. The molecule has 0 aromatic carbocycles. The Balaban J connectivity index is 1.56. The zero-order chi connectivity index (χ0) is 16.7. The summed E-state index contributed by atoms with van der Waals surface area (Å²) >= 11 is 0. The lowest BCUT2D eigenvalue weighted by atomic mass is 9.81. The van der Waals surface area contributed by atoms with Crippen LogP contribution in [0.15, 0.2) is 12.4 Å². The maximum atomic E-state index is 11.9. The molecule has 4 heterocycles. The smallest absolute Gasteiger partial charge is 0.313 e. The molecule has 0 amide bonds. The molecule has 3 fully saturated rings. The van der Waals surface area contributed by atoms with Gasteiger partial charge in [-0.05, 0) is 7.05 Å². The van der Waals surface area contributed by atoms with Gasteiger partial charge in [-0.25, -0.2) is 9.97 Å². The molecule has 3 aliphatic heterocycles. The van der Waals surface area contributed by atoms with Crippen LogP contribution in [-0.4, -0.2) is 85.5 Å². The predicted octanol–water partition coefficient (Wildman–Crippen LogP) is -0.234. The first kappa shape index (κ1) is 15.6. The number of likely N-dealkylation sites (tertiary alicyclic amines) is 1. The van der Waals surface area contributed by atoms with Crippen LogP contribution < -0.4 is 9.80 Å². The SMILES string of the molecule is CN1CC2CN(c3cc(N4CCOCC4)ncn3)CC2(C(=O)O)C1. The standard InChI is InChI=1S/C16H23N5O3/c1-19-7-12-8-21(10-16(12,9-19)15(22)23)14-6-13(17-11-18-14)20-2-4-24-5-3-20/h6,11-12H,2-5,7-10H2,1H3,(H,22,23). The summed E-state index contributed by atoms with van der Waals surface area (Å²) in [5, 5.41) is 9.81. The Morgan fingerprint density at radius 1 is 1.21 bits per heavy atom. The number of hydrogen-bond donors (Lipinski definition) is 1. The fraction of sp³-hybridized carbons (Fsp3) is 0.688. The van der Waals surface area contributed by atoms with Gasteiger partial charge in [-0.1, -0.05) is 0 Å². The molecule has 2 atom stereocenters. The molecule has 4 rings (SSSR count). The Bertz CT molecular complexity index is 636. The summed E-state index contributed by atoms with van der Waals surface area (Å²) in [6.07, 6.45) is 1.58. The zero-order valence-electron chi connectivity index (χ0n) is 13.9. The van der Waals surface area contributed by atoms with Gasteiger partial charge in [-0.3, -0.25) is 4.79 Å². The van der Waals surface area contributed by atoms with Crippen LogP contribution in [0.5, 0.6) is 0 Å². The molecule has 3 aliphatic rings. The van der Waals surface area contributed by atoms with Gasteiger partial charge in [0, 0.05) is 51.3 Å². The minimum atomic E-state index is -0.693. The molecule has 0 spiro atoms. The Labute approximate surface area is 141 Å². The molecule has 8 nitrogen and oxygen atoms in total. The van der Waals surface area contributed by atoms with E-state index < -0.39 is 11.4 Å². The number of carbonyl (C=O) groups is 1. The monoisotopic (exact) mass is 333 g/mol. The van der Waals surface area contributed by atoms with E-state index in [9.17, 15) is 9.90 Å². The molecule has 0 radical (unpaired) electrons. The molecular weight excluding hydrogens is 310 g/mol. The van der Waals surface area contributed by atoms with Crippen LogP contribution in [0, 0.1) is 11.3 Å². The molecule has 1 N–H and O–H groups in total. The fourth-order valence-corrected chi connectivity index (χ4v) is 4.27. The maximum Gasteiger partial charge on any atom is 0.313 e. The van der Waals surface area contributed by atoms with E-state index in [1.807, 2.05) is 13.1 Å². The number of rotatable bonds is 3. The quantitative estimate of drug-likeness (QED) is 0.812. The van der Waals surface area contributed by atoms with Crippen molar-refractivity contribution in [1.29, 1.82) is 0 Å². The van der Waals surface area contributed by atoms with Crippen LogP contribution in [0.2, 0.25) is 0 Å². The van der Waals surface area contributed by atoms with Gasteiger partial charge >= 0.3 is 5.97 Å². The van der Waals surface area contributed by atoms with Crippen LogP contribution in [0.3, 0.4) is 0 Å². The first-order valence-corrected chi connectivity index (χ1v) is 8.40. The van der Waals surface area contributed by atoms with Gasteiger partial charge in [0.05, 0.1) is 13.2 Å². The Kier molecular flexibility index (Phi) is 3.80. The molecule has 24 heavy (non-hydrogen) atoms.